The fourth-order valence-corrected chi connectivity index (χ4v) is 4.71. The summed E-state index contributed by atoms with van der Waals surface area (Å²) in [6.07, 6.45) is 0. The molecule has 2 aliphatic heterocycles. The van der Waals surface area contributed by atoms with E-state index in [4.69, 9.17) is 23.1 Å². The largest absolute Gasteiger partial charge is 0.369 e. The molecule has 0 bridgehead atoms. The van der Waals surface area contributed by atoms with E-state index in [1.165, 1.54) is 12.1 Å². The molecule has 4 rings (SSSR count). The van der Waals surface area contributed by atoms with Crippen LogP contribution in [0.25, 0.3) is 0 Å². The molecule has 0 aromatic heterocycles. The number of anilines is 2. The average molecular weight is 470 g/mol. The van der Waals surface area contributed by atoms with Gasteiger partial charge in [0.15, 0.2) is 5.71 Å². The number of piperazine rings is 1. The number of halogens is 1. The summed E-state index contributed by atoms with van der Waals surface area (Å²) in [5.41, 5.74) is 9.12. The first-order valence-electron chi connectivity index (χ1n) is 11.3. The zero-order valence-electron chi connectivity index (χ0n) is 19.1. The lowest BCUT2D eigenvalue weighted by molar-refractivity contribution is -0.843. The monoisotopic (exact) mass is 469 g/mol. The van der Waals surface area contributed by atoms with E-state index < -0.39 is 0 Å². The Morgan fingerprint density at radius 1 is 1.06 bits per heavy atom. The highest BCUT2D eigenvalue weighted by Crippen LogP contribution is 2.31. The first-order chi connectivity index (χ1) is 15.9. The Hall–Kier alpha value is -2.88. The topological polar surface area (TPSA) is 65.2 Å². The van der Waals surface area contributed by atoms with E-state index in [-0.39, 0.29) is 21.4 Å². The summed E-state index contributed by atoms with van der Waals surface area (Å²) in [4.78, 5) is 19.8. The van der Waals surface area contributed by atoms with Crippen molar-refractivity contribution in [3.05, 3.63) is 59.9 Å². The first-order valence-corrected chi connectivity index (χ1v) is 11.7. The molecule has 0 unspecified atom stereocenters. The lowest BCUT2D eigenvalue weighted by Crippen LogP contribution is -2.53. The molecule has 1 amide bonds. The molecule has 2 aliphatic rings. The van der Waals surface area contributed by atoms with E-state index in [1.807, 2.05) is 50.2 Å². The number of quaternary nitrogens is 1. The minimum absolute atomic E-state index is 0.0505. The highest BCUT2D eigenvalue weighted by Gasteiger charge is 2.40. The number of thiocarbonyl (C=S) groups is 1. The van der Waals surface area contributed by atoms with E-state index in [2.05, 4.69) is 9.80 Å². The summed E-state index contributed by atoms with van der Waals surface area (Å²) in [6.45, 7) is 8.79. The van der Waals surface area contributed by atoms with E-state index in [9.17, 15) is 9.18 Å². The number of amides is 1. The number of carbonyl (C=O) groups excluding carboxylic acids is 1. The lowest BCUT2D eigenvalue weighted by Gasteiger charge is -2.37. The fourth-order valence-electron chi connectivity index (χ4n) is 4.42. The molecule has 33 heavy (non-hydrogen) atoms. The third kappa shape index (κ3) is 4.48. The first kappa shape index (κ1) is 23.3. The van der Waals surface area contributed by atoms with Crippen molar-refractivity contribution in [3.63, 3.8) is 0 Å². The zero-order chi connectivity index (χ0) is 23.6. The molecule has 2 heterocycles. The summed E-state index contributed by atoms with van der Waals surface area (Å²) in [5, 5.41) is 5.06. The van der Waals surface area contributed by atoms with Crippen LogP contribution in [-0.4, -0.2) is 72.2 Å². The third-order valence-corrected chi connectivity index (χ3v) is 6.89. The number of para-hydroxylation sites is 1. The molecule has 1 saturated heterocycles. The summed E-state index contributed by atoms with van der Waals surface area (Å²) >= 11 is 5.30. The number of carbonyl (C=O) groups is 1. The highest BCUT2D eigenvalue weighted by molar-refractivity contribution is 7.79. The van der Waals surface area contributed by atoms with E-state index in [0.29, 0.717) is 25.5 Å². The summed E-state index contributed by atoms with van der Waals surface area (Å²) < 4.78 is 13.3. The van der Waals surface area contributed by atoms with Crippen molar-refractivity contribution in [2.45, 2.75) is 13.8 Å². The molecular weight excluding hydrogens is 439 g/mol. The second-order valence-corrected chi connectivity index (χ2v) is 8.73. The van der Waals surface area contributed by atoms with Crippen LogP contribution in [0.2, 0.25) is 0 Å². The zero-order valence-corrected chi connectivity index (χ0v) is 19.9. The van der Waals surface area contributed by atoms with Gasteiger partial charge < -0.3 is 10.6 Å². The van der Waals surface area contributed by atoms with Crippen LogP contribution in [0.4, 0.5) is 15.8 Å². The second kappa shape index (κ2) is 9.54. The Morgan fingerprint density at radius 2 is 1.70 bits per heavy atom. The molecule has 7 nitrogen and oxygen atoms in total. The summed E-state index contributed by atoms with van der Waals surface area (Å²) in [5.74, 6) is -0.358. The summed E-state index contributed by atoms with van der Waals surface area (Å²) in [7, 11) is 0. The van der Waals surface area contributed by atoms with Crippen LogP contribution in [-0.2, 0) is 4.79 Å². The molecule has 0 atom stereocenters. The highest BCUT2D eigenvalue weighted by atomic mass is 32.1. The van der Waals surface area contributed by atoms with Crippen molar-refractivity contribution in [1.29, 1.82) is 0 Å². The predicted octanol–water partition coefficient (Wildman–Crippen LogP) is 2.76. The van der Waals surface area contributed by atoms with Gasteiger partial charge in [-0.2, -0.15) is 0 Å². The molecule has 174 valence electrons. The maximum Gasteiger partial charge on any atom is 0.294 e. The van der Waals surface area contributed by atoms with Crippen LogP contribution in [0.5, 0.6) is 0 Å². The predicted molar refractivity (Wildman–Crippen MR) is 134 cm³/mol. The van der Waals surface area contributed by atoms with Crippen LogP contribution in [0.15, 0.2) is 53.6 Å². The van der Waals surface area contributed by atoms with Crippen molar-refractivity contribution >= 4 is 40.3 Å². The van der Waals surface area contributed by atoms with Crippen molar-refractivity contribution < 1.29 is 13.8 Å². The Morgan fingerprint density at radius 3 is 2.30 bits per heavy atom. The van der Waals surface area contributed by atoms with Crippen LogP contribution in [0, 0.1) is 5.82 Å². The van der Waals surface area contributed by atoms with E-state index >= 15 is 0 Å². The number of benzene rings is 2. The molecule has 9 heteroatoms. The van der Waals surface area contributed by atoms with Gasteiger partial charge in [0.2, 0.25) is 0 Å². The number of nitrogens with two attached hydrogens (primary N) is 1. The van der Waals surface area contributed by atoms with Crippen LogP contribution in [0.1, 0.15) is 19.4 Å². The number of hydrogen-bond donors (Lipinski definition) is 1. The Labute approximate surface area is 199 Å². The molecular formula is C24H30FN6OS+. The van der Waals surface area contributed by atoms with Crippen LogP contribution in [0.3, 0.4) is 0 Å². The summed E-state index contributed by atoms with van der Waals surface area (Å²) in [6, 6.07) is 14.3. The molecule has 0 saturated carbocycles. The molecule has 0 aliphatic carbocycles. The minimum Gasteiger partial charge on any atom is -0.369 e. The number of hydrogen-bond acceptors (Lipinski definition) is 5. The minimum atomic E-state index is -0.231. The van der Waals surface area contributed by atoms with Gasteiger partial charge in [-0.25, -0.2) is 4.39 Å². The van der Waals surface area contributed by atoms with Crippen molar-refractivity contribution in [3.8, 4) is 0 Å². The molecule has 1 fully saturated rings. The maximum absolute atomic E-state index is 13.5. The molecule has 0 radical (unpaired) electrons. The van der Waals surface area contributed by atoms with E-state index in [1.54, 1.807) is 4.90 Å². The Bertz CT molecular complexity index is 1060. The van der Waals surface area contributed by atoms with Crippen molar-refractivity contribution in [2.24, 2.45) is 10.8 Å². The third-order valence-electron chi connectivity index (χ3n) is 6.55. The standard InChI is InChI=1S/C24H29FN6OS/c1-3-31(4-2,24(26)33)27-22-20-7-5-6-8-21(20)30(23(22)32)17-28-13-15-29(16-14-28)19-11-9-18(25)10-12-19/h5-12H,3-4,13-17H2,1-2H3,(H-,26,33)/p+1/b27-22-. The SMILES string of the molecule is CC[N+](CC)(/N=C1\C(=O)N(CN2CCN(c3ccc(F)cc3)CC2)c2ccccc21)C(N)=S. The van der Waals surface area contributed by atoms with Gasteiger partial charge >= 0.3 is 0 Å². The van der Waals surface area contributed by atoms with Gasteiger partial charge in [-0.15, -0.1) is 4.59 Å². The van der Waals surface area contributed by atoms with Gasteiger partial charge in [-0.1, -0.05) is 23.3 Å². The van der Waals surface area contributed by atoms with Gasteiger partial charge in [0.05, 0.1) is 12.4 Å². The van der Waals surface area contributed by atoms with Gasteiger partial charge in [-0.3, -0.25) is 14.6 Å². The number of rotatable bonds is 6. The van der Waals surface area contributed by atoms with Gasteiger partial charge in [0.1, 0.15) is 18.9 Å². The van der Waals surface area contributed by atoms with Gasteiger partial charge in [-0.05, 0) is 44.2 Å². The normalized spacial score (nSPS) is 18.2. The van der Waals surface area contributed by atoms with E-state index in [0.717, 1.165) is 43.1 Å². The molecule has 2 aromatic carbocycles. The fraction of sp³-hybridized carbons (Fsp3) is 0.375. The quantitative estimate of drug-likeness (QED) is 0.400. The Kier molecular flexibility index (Phi) is 6.73. The molecule has 2 N–H and O–H groups in total. The maximum atomic E-state index is 13.5. The lowest BCUT2D eigenvalue weighted by atomic mass is 10.1. The number of nitrogens with zero attached hydrogens (tertiary/aromatic N) is 5. The average Bonchev–Trinajstić information content (AvgIpc) is 3.09. The van der Waals surface area contributed by atoms with Gasteiger partial charge in [0, 0.05) is 49.6 Å². The Balaban J connectivity index is 1.52. The van der Waals surface area contributed by atoms with Gasteiger partial charge in [0.25, 0.3) is 11.0 Å². The number of fused-ring (bicyclic) bond motifs is 1. The smallest absolute Gasteiger partial charge is 0.294 e. The van der Waals surface area contributed by atoms with Crippen LogP contribution >= 0.6 is 12.2 Å². The molecule has 2 aromatic rings. The molecule has 0 spiro atoms. The second-order valence-electron chi connectivity index (χ2n) is 8.32. The van der Waals surface area contributed by atoms with Crippen molar-refractivity contribution in [2.75, 3.05) is 55.7 Å². The van der Waals surface area contributed by atoms with Crippen LogP contribution < -0.4 is 15.5 Å². The van der Waals surface area contributed by atoms with Crippen molar-refractivity contribution in [1.82, 2.24) is 4.90 Å².